The molecule has 2 aliphatic rings. The third kappa shape index (κ3) is 3.23. The molecule has 0 spiro atoms. The van der Waals surface area contributed by atoms with Gasteiger partial charge in [0.25, 0.3) is 0 Å². The van der Waals surface area contributed by atoms with Crippen LogP contribution in [0.15, 0.2) is 18.5 Å². The topological polar surface area (TPSA) is 49.3 Å². The SMILES string of the molecule is CCN(CC)c1ncnc2c1CCN(C(=O)C1CC=CC1)CC2. The van der Waals surface area contributed by atoms with Crippen molar-refractivity contribution < 1.29 is 4.79 Å². The predicted octanol–water partition coefficient (Wildman–Crippen LogP) is 2.22. The molecule has 23 heavy (non-hydrogen) atoms. The summed E-state index contributed by atoms with van der Waals surface area (Å²) in [5, 5.41) is 0. The fourth-order valence-electron chi connectivity index (χ4n) is 3.60. The number of hydrogen-bond acceptors (Lipinski definition) is 4. The summed E-state index contributed by atoms with van der Waals surface area (Å²) < 4.78 is 0. The molecule has 3 rings (SSSR count). The zero-order valence-electron chi connectivity index (χ0n) is 14.2. The molecule has 0 bridgehead atoms. The molecule has 1 aromatic rings. The maximum atomic E-state index is 12.7. The predicted molar refractivity (Wildman–Crippen MR) is 91.4 cm³/mol. The number of aromatic nitrogens is 2. The molecular weight excluding hydrogens is 288 g/mol. The number of fused-ring (bicyclic) bond motifs is 1. The standard InChI is InChI=1S/C18H26N4O/c1-3-21(4-2)17-15-9-11-22(12-10-16(15)19-13-20-17)18(23)14-7-5-6-8-14/h5-6,13-14H,3-4,7-12H2,1-2H3. The second kappa shape index (κ2) is 7.11. The Hall–Kier alpha value is -1.91. The maximum Gasteiger partial charge on any atom is 0.226 e. The molecule has 0 radical (unpaired) electrons. The number of allylic oxidation sites excluding steroid dienone is 2. The molecule has 0 saturated carbocycles. The molecule has 0 atom stereocenters. The summed E-state index contributed by atoms with van der Waals surface area (Å²) in [5.41, 5.74) is 2.35. The Morgan fingerprint density at radius 1 is 1.17 bits per heavy atom. The molecule has 0 N–H and O–H groups in total. The van der Waals surface area contributed by atoms with E-state index in [2.05, 4.69) is 40.9 Å². The Balaban J connectivity index is 1.77. The van der Waals surface area contributed by atoms with Gasteiger partial charge in [-0.05, 0) is 33.1 Å². The molecule has 124 valence electrons. The van der Waals surface area contributed by atoms with Gasteiger partial charge in [-0.3, -0.25) is 4.79 Å². The Morgan fingerprint density at radius 2 is 1.87 bits per heavy atom. The van der Waals surface area contributed by atoms with Crippen molar-refractivity contribution >= 4 is 11.7 Å². The van der Waals surface area contributed by atoms with Gasteiger partial charge in [0.15, 0.2) is 0 Å². The van der Waals surface area contributed by atoms with Crippen molar-refractivity contribution in [2.45, 2.75) is 39.5 Å². The first-order chi connectivity index (χ1) is 11.2. The second-order valence-corrected chi connectivity index (χ2v) is 6.26. The lowest BCUT2D eigenvalue weighted by atomic mass is 10.1. The van der Waals surface area contributed by atoms with Crippen LogP contribution < -0.4 is 4.90 Å². The molecule has 1 amide bonds. The lowest BCUT2D eigenvalue weighted by Gasteiger charge is -2.24. The molecule has 0 saturated heterocycles. The van der Waals surface area contributed by atoms with Crippen LogP contribution in [-0.4, -0.2) is 47.0 Å². The number of amides is 1. The van der Waals surface area contributed by atoms with E-state index in [9.17, 15) is 4.79 Å². The summed E-state index contributed by atoms with van der Waals surface area (Å²) in [7, 11) is 0. The lowest BCUT2D eigenvalue weighted by Crippen LogP contribution is -2.37. The number of nitrogens with zero attached hydrogens (tertiary/aromatic N) is 4. The van der Waals surface area contributed by atoms with Crippen LogP contribution in [0.4, 0.5) is 5.82 Å². The first kappa shape index (κ1) is 16.0. The van der Waals surface area contributed by atoms with E-state index in [0.717, 1.165) is 63.4 Å². The highest BCUT2D eigenvalue weighted by atomic mass is 16.2. The van der Waals surface area contributed by atoms with E-state index in [1.54, 1.807) is 6.33 Å². The van der Waals surface area contributed by atoms with E-state index in [4.69, 9.17) is 0 Å². The number of carbonyl (C=O) groups is 1. The second-order valence-electron chi connectivity index (χ2n) is 6.26. The number of rotatable bonds is 4. The number of carbonyl (C=O) groups excluding carboxylic acids is 1. The van der Waals surface area contributed by atoms with Crippen LogP contribution >= 0.6 is 0 Å². The molecule has 1 aliphatic heterocycles. The van der Waals surface area contributed by atoms with Crippen molar-refractivity contribution in [2.75, 3.05) is 31.1 Å². The number of anilines is 1. The van der Waals surface area contributed by atoms with Crippen molar-refractivity contribution in [3.63, 3.8) is 0 Å². The number of hydrogen-bond donors (Lipinski definition) is 0. The largest absolute Gasteiger partial charge is 0.357 e. The fourth-order valence-corrected chi connectivity index (χ4v) is 3.60. The van der Waals surface area contributed by atoms with Crippen LogP contribution in [0.2, 0.25) is 0 Å². The smallest absolute Gasteiger partial charge is 0.226 e. The summed E-state index contributed by atoms with van der Waals surface area (Å²) in [6.07, 6.45) is 9.40. The van der Waals surface area contributed by atoms with Gasteiger partial charge in [0.05, 0.1) is 5.69 Å². The van der Waals surface area contributed by atoms with Gasteiger partial charge >= 0.3 is 0 Å². The lowest BCUT2D eigenvalue weighted by molar-refractivity contribution is -0.135. The first-order valence-corrected chi connectivity index (χ1v) is 8.76. The zero-order chi connectivity index (χ0) is 16.2. The Kier molecular flexibility index (Phi) is 4.94. The van der Waals surface area contributed by atoms with Crippen LogP contribution in [0.1, 0.15) is 37.9 Å². The van der Waals surface area contributed by atoms with E-state index in [0.29, 0.717) is 5.91 Å². The normalized spacial score (nSPS) is 17.9. The monoisotopic (exact) mass is 314 g/mol. The molecule has 5 heteroatoms. The Bertz CT molecular complexity index is 587. The van der Waals surface area contributed by atoms with Crippen molar-refractivity contribution in [3.05, 3.63) is 29.7 Å². The summed E-state index contributed by atoms with van der Waals surface area (Å²) in [4.78, 5) is 26.0. The van der Waals surface area contributed by atoms with Crippen molar-refractivity contribution in [2.24, 2.45) is 5.92 Å². The molecule has 0 unspecified atom stereocenters. The van der Waals surface area contributed by atoms with Crippen LogP contribution in [0.5, 0.6) is 0 Å². The van der Waals surface area contributed by atoms with Crippen LogP contribution in [0.3, 0.4) is 0 Å². The molecule has 0 aromatic carbocycles. The zero-order valence-corrected chi connectivity index (χ0v) is 14.2. The molecule has 5 nitrogen and oxygen atoms in total. The highest BCUT2D eigenvalue weighted by Gasteiger charge is 2.28. The van der Waals surface area contributed by atoms with E-state index < -0.39 is 0 Å². The van der Waals surface area contributed by atoms with Gasteiger partial charge in [0.2, 0.25) is 5.91 Å². The van der Waals surface area contributed by atoms with Gasteiger partial charge in [-0.2, -0.15) is 0 Å². The summed E-state index contributed by atoms with van der Waals surface area (Å²) >= 11 is 0. The molecule has 1 aromatic heterocycles. The summed E-state index contributed by atoms with van der Waals surface area (Å²) in [6, 6.07) is 0. The van der Waals surface area contributed by atoms with Gasteiger partial charge in [0.1, 0.15) is 12.1 Å². The minimum Gasteiger partial charge on any atom is -0.357 e. The maximum absolute atomic E-state index is 12.7. The van der Waals surface area contributed by atoms with E-state index in [1.807, 2.05) is 4.90 Å². The van der Waals surface area contributed by atoms with Gasteiger partial charge < -0.3 is 9.80 Å². The summed E-state index contributed by atoms with van der Waals surface area (Å²) in [6.45, 7) is 7.74. The van der Waals surface area contributed by atoms with Crippen molar-refractivity contribution in [1.82, 2.24) is 14.9 Å². The Morgan fingerprint density at radius 3 is 2.57 bits per heavy atom. The van der Waals surface area contributed by atoms with E-state index in [-0.39, 0.29) is 5.92 Å². The molecule has 0 fully saturated rings. The summed E-state index contributed by atoms with van der Waals surface area (Å²) in [5.74, 6) is 1.52. The quantitative estimate of drug-likeness (QED) is 0.800. The average molecular weight is 314 g/mol. The van der Waals surface area contributed by atoms with Gasteiger partial charge in [-0.15, -0.1) is 0 Å². The third-order valence-corrected chi connectivity index (χ3v) is 4.99. The Labute approximate surface area is 138 Å². The van der Waals surface area contributed by atoms with Crippen LogP contribution in [-0.2, 0) is 17.6 Å². The highest BCUT2D eigenvalue weighted by Crippen LogP contribution is 2.26. The minimum atomic E-state index is 0.157. The van der Waals surface area contributed by atoms with Crippen molar-refractivity contribution in [1.29, 1.82) is 0 Å². The van der Waals surface area contributed by atoms with Gasteiger partial charge in [-0.25, -0.2) is 9.97 Å². The van der Waals surface area contributed by atoms with Crippen LogP contribution in [0, 0.1) is 5.92 Å². The van der Waals surface area contributed by atoms with Gasteiger partial charge in [-0.1, -0.05) is 12.2 Å². The minimum absolute atomic E-state index is 0.157. The molecule has 1 aliphatic carbocycles. The third-order valence-electron chi connectivity index (χ3n) is 4.99. The molecular formula is C18H26N4O. The fraction of sp³-hybridized carbons (Fsp3) is 0.611. The van der Waals surface area contributed by atoms with E-state index >= 15 is 0 Å². The van der Waals surface area contributed by atoms with Crippen LogP contribution in [0.25, 0.3) is 0 Å². The van der Waals surface area contributed by atoms with Crippen molar-refractivity contribution in [3.8, 4) is 0 Å². The average Bonchev–Trinajstić information content (AvgIpc) is 3.02. The highest BCUT2D eigenvalue weighted by molar-refractivity contribution is 5.79. The first-order valence-electron chi connectivity index (χ1n) is 8.76. The van der Waals surface area contributed by atoms with E-state index in [1.165, 1.54) is 5.56 Å². The van der Waals surface area contributed by atoms with Gasteiger partial charge in [0, 0.05) is 44.1 Å². The molecule has 2 heterocycles.